The minimum Gasteiger partial charge on any atom is -0.462 e. The van der Waals surface area contributed by atoms with Crippen molar-refractivity contribution in [2.45, 2.75) is 57.5 Å². The van der Waals surface area contributed by atoms with Crippen LogP contribution in [0, 0.1) is 0 Å². The molecule has 146 valence electrons. The summed E-state index contributed by atoms with van der Waals surface area (Å²) in [6.45, 7) is 9.86. The highest BCUT2D eigenvalue weighted by Crippen LogP contribution is 2.09. The summed E-state index contributed by atoms with van der Waals surface area (Å²) in [4.78, 5) is 34.1. The lowest BCUT2D eigenvalue weighted by molar-refractivity contribution is -0.162. The molecular formula is C20H30O6. The van der Waals surface area contributed by atoms with Crippen LogP contribution in [-0.2, 0) is 28.6 Å². The van der Waals surface area contributed by atoms with E-state index in [1.54, 1.807) is 0 Å². The van der Waals surface area contributed by atoms with Gasteiger partial charge in [0.25, 0.3) is 0 Å². The monoisotopic (exact) mass is 366 g/mol. The fourth-order valence-electron chi connectivity index (χ4n) is 2.09. The maximum Gasteiger partial charge on any atom is 0.330 e. The quantitative estimate of drug-likeness (QED) is 0.136. The molecule has 0 saturated heterocycles. The van der Waals surface area contributed by atoms with Crippen molar-refractivity contribution < 1.29 is 28.6 Å². The summed E-state index contributed by atoms with van der Waals surface area (Å²) in [6.07, 6.45) is 10.7. The molecular weight excluding hydrogens is 336 g/mol. The van der Waals surface area contributed by atoms with E-state index in [2.05, 4.69) is 19.7 Å². The van der Waals surface area contributed by atoms with Crippen molar-refractivity contribution in [1.29, 1.82) is 0 Å². The number of ether oxygens (including phenoxy) is 3. The molecule has 0 spiro atoms. The summed E-state index contributed by atoms with van der Waals surface area (Å²) in [7, 11) is 0. The molecule has 0 aliphatic carbocycles. The lowest BCUT2D eigenvalue weighted by atomic mass is 10.1. The van der Waals surface area contributed by atoms with Crippen LogP contribution in [0.2, 0.25) is 0 Å². The number of unbranched alkanes of at least 4 members (excludes halogenated alkanes) is 6. The van der Waals surface area contributed by atoms with E-state index in [1.165, 1.54) is 6.42 Å². The van der Waals surface area contributed by atoms with Crippen LogP contribution in [0.5, 0.6) is 0 Å². The van der Waals surface area contributed by atoms with Crippen molar-refractivity contribution in [3.63, 3.8) is 0 Å². The van der Waals surface area contributed by atoms with Crippen LogP contribution in [0.4, 0.5) is 0 Å². The van der Waals surface area contributed by atoms with Crippen LogP contribution in [0.3, 0.4) is 0 Å². The molecule has 1 unspecified atom stereocenters. The number of hydrogen-bond acceptors (Lipinski definition) is 6. The van der Waals surface area contributed by atoms with E-state index in [4.69, 9.17) is 14.2 Å². The van der Waals surface area contributed by atoms with E-state index >= 15 is 0 Å². The molecule has 0 bridgehead atoms. The first-order chi connectivity index (χ1) is 12.5. The van der Waals surface area contributed by atoms with Crippen molar-refractivity contribution in [3.05, 3.63) is 38.0 Å². The fourth-order valence-corrected chi connectivity index (χ4v) is 2.09. The molecule has 0 saturated carbocycles. The molecule has 0 N–H and O–H groups in total. The van der Waals surface area contributed by atoms with Gasteiger partial charge in [0.05, 0.1) is 0 Å². The first kappa shape index (κ1) is 23.6. The van der Waals surface area contributed by atoms with Gasteiger partial charge in [-0.2, -0.15) is 0 Å². The smallest absolute Gasteiger partial charge is 0.330 e. The van der Waals surface area contributed by atoms with Gasteiger partial charge in [-0.15, -0.1) is 6.58 Å². The third kappa shape index (κ3) is 14.0. The molecule has 0 aliphatic rings. The van der Waals surface area contributed by atoms with Gasteiger partial charge >= 0.3 is 17.9 Å². The maximum absolute atomic E-state index is 11.8. The second-order valence-electron chi connectivity index (χ2n) is 5.73. The Bertz CT molecular complexity index is 469. The zero-order valence-electron chi connectivity index (χ0n) is 15.5. The van der Waals surface area contributed by atoms with Crippen LogP contribution in [0.25, 0.3) is 0 Å². The van der Waals surface area contributed by atoms with Gasteiger partial charge < -0.3 is 14.2 Å². The molecule has 0 radical (unpaired) electrons. The zero-order chi connectivity index (χ0) is 19.6. The Labute approximate surface area is 155 Å². The number of allylic oxidation sites excluding steroid dienone is 1. The number of esters is 3. The molecule has 0 fully saturated rings. The Balaban J connectivity index is 3.97. The van der Waals surface area contributed by atoms with Crippen LogP contribution in [0.15, 0.2) is 38.0 Å². The molecule has 6 nitrogen and oxygen atoms in total. The minimum atomic E-state index is -0.877. The van der Waals surface area contributed by atoms with Gasteiger partial charge in [-0.1, -0.05) is 44.9 Å². The van der Waals surface area contributed by atoms with Gasteiger partial charge in [-0.25, -0.2) is 9.59 Å². The second-order valence-corrected chi connectivity index (χ2v) is 5.73. The largest absolute Gasteiger partial charge is 0.462 e. The normalized spacial score (nSPS) is 11.1. The van der Waals surface area contributed by atoms with Crippen molar-refractivity contribution in [3.8, 4) is 0 Å². The van der Waals surface area contributed by atoms with Crippen molar-refractivity contribution >= 4 is 17.9 Å². The molecule has 26 heavy (non-hydrogen) atoms. The van der Waals surface area contributed by atoms with Crippen LogP contribution in [0.1, 0.15) is 51.4 Å². The number of rotatable bonds is 16. The number of carbonyl (C=O) groups excluding carboxylic acids is 3. The second kappa shape index (κ2) is 16.1. The van der Waals surface area contributed by atoms with Crippen molar-refractivity contribution in [2.24, 2.45) is 0 Å². The molecule has 0 amide bonds. The van der Waals surface area contributed by atoms with E-state index in [-0.39, 0.29) is 19.2 Å². The Morgan fingerprint density at radius 3 is 1.96 bits per heavy atom. The molecule has 0 heterocycles. The van der Waals surface area contributed by atoms with Crippen LogP contribution < -0.4 is 0 Å². The third-order valence-electron chi connectivity index (χ3n) is 3.50. The topological polar surface area (TPSA) is 78.9 Å². The molecule has 0 aliphatic heterocycles. The standard InChI is InChI=1S/C20H30O6/c1-4-7-8-9-10-11-12-13-14-20(23)25-16-17(26-19(22)6-3)15-24-18(21)5-2/h4-6,17H,1-3,7-16H2. The van der Waals surface area contributed by atoms with E-state index in [9.17, 15) is 14.4 Å². The van der Waals surface area contributed by atoms with Crippen LogP contribution >= 0.6 is 0 Å². The first-order valence-corrected chi connectivity index (χ1v) is 8.92. The van der Waals surface area contributed by atoms with Gasteiger partial charge in [-0.3, -0.25) is 4.79 Å². The highest BCUT2D eigenvalue weighted by molar-refractivity contribution is 5.82. The number of hydrogen-bond donors (Lipinski definition) is 0. The van der Waals surface area contributed by atoms with E-state index in [0.29, 0.717) is 6.42 Å². The third-order valence-corrected chi connectivity index (χ3v) is 3.50. The van der Waals surface area contributed by atoms with E-state index in [1.807, 2.05) is 6.08 Å². The van der Waals surface area contributed by atoms with Crippen LogP contribution in [-0.4, -0.2) is 37.2 Å². The van der Waals surface area contributed by atoms with E-state index < -0.39 is 18.0 Å². The van der Waals surface area contributed by atoms with Gasteiger partial charge in [0.1, 0.15) is 13.2 Å². The first-order valence-electron chi connectivity index (χ1n) is 8.92. The average Bonchev–Trinajstić information content (AvgIpc) is 2.65. The summed E-state index contributed by atoms with van der Waals surface area (Å²) < 4.78 is 14.9. The highest BCUT2D eigenvalue weighted by atomic mass is 16.6. The maximum atomic E-state index is 11.8. The van der Waals surface area contributed by atoms with Gasteiger partial charge in [0.15, 0.2) is 6.10 Å². The Morgan fingerprint density at radius 1 is 0.769 bits per heavy atom. The predicted octanol–water partition coefficient (Wildman–Crippen LogP) is 3.66. The summed E-state index contributed by atoms with van der Waals surface area (Å²) in [5.41, 5.74) is 0. The lowest BCUT2D eigenvalue weighted by Crippen LogP contribution is -2.30. The Hall–Kier alpha value is -2.37. The highest BCUT2D eigenvalue weighted by Gasteiger charge is 2.17. The van der Waals surface area contributed by atoms with E-state index in [0.717, 1.165) is 50.7 Å². The lowest BCUT2D eigenvalue weighted by Gasteiger charge is -2.16. The Morgan fingerprint density at radius 2 is 1.35 bits per heavy atom. The summed E-state index contributed by atoms with van der Waals surface area (Å²) in [5, 5.41) is 0. The van der Waals surface area contributed by atoms with Gasteiger partial charge in [0.2, 0.25) is 0 Å². The minimum absolute atomic E-state index is 0.176. The Kier molecular flexibility index (Phi) is 14.6. The molecule has 0 rings (SSSR count). The molecule has 6 heteroatoms. The predicted molar refractivity (Wildman–Crippen MR) is 99.3 cm³/mol. The summed E-state index contributed by atoms with van der Waals surface area (Å²) in [5.74, 6) is -1.70. The molecule has 0 aromatic carbocycles. The van der Waals surface area contributed by atoms with Gasteiger partial charge in [0, 0.05) is 18.6 Å². The molecule has 0 aromatic rings. The fraction of sp³-hybridized carbons (Fsp3) is 0.550. The SMILES string of the molecule is C=CCCCCCCCCC(=O)OCC(COC(=O)C=C)OC(=O)C=C. The molecule has 1 atom stereocenters. The summed E-state index contributed by atoms with van der Waals surface area (Å²) >= 11 is 0. The average molecular weight is 366 g/mol. The van der Waals surface area contributed by atoms with Gasteiger partial charge in [-0.05, 0) is 19.3 Å². The zero-order valence-corrected chi connectivity index (χ0v) is 15.5. The van der Waals surface area contributed by atoms with Crippen molar-refractivity contribution in [2.75, 3.05) is 13.2 Å². The number of carbonyl (C=O) groups is 3. The van der Waals surface area contributed by atoms with Crippen molar-refractivity contribution in [1.82, 2.24) is 0 Å². The summed E-state index contributed by atoms with van der Waals surface area (Å²) in [6, 6.07) is 0. The molecule has 0 aromatic heterocycles.